The Balaban J connectivity index is 0.00000180. The van der Waals surface area contributed by atoms with Crippen molar-refractivity contribution >= 4 is 18.3 Å². The lowest BCUT2D eigenvalue weighted by Crippen LogP contribution is -2.68. The maximum Gasteiger partial charge on any atom is 0.224 e. The summed E-state index contributed by atoms with van der Waals surface area (Å²) in [6, 6.07) is 0.210. The van der Waals surface area contributed by atoms with Gasteiger partial charge in [0, 0.05) is 30.0 Å². The second-order valence-electron chi connectivity index (χ2n) is 5.98. The first-order valence-corrected chi connectivity index (χ1v) is 7.19. The monoisotopic (exact) mass is 290 g/mol. The Morgan fingerprint density at radius 3 is 2.53 bits per heavy atom. The molecular weight excluding hydrogens is 264 g/mol. The third kappa shape index (κ3) is 2.91. The normalized spacial score (nSPS) is 30.5. The number of hydrogen-bond donors (Lipinski definition) is 2. The standard InChI is InChI=1S/C14H26N2O2.ClH/c1-4-18-12-8-11(14(12)6-5-7-14)16-13(17)9(2)10(3)15;/h9-12H,4-8,15H2,1-3H3,(H,16,17);1H. The van der Waals surface area contributed by atoms with E-state index in [1.807, 2.05) is 20.8 Å². The van der Waals surface area contributed by atoms with Crippen LogP contribution in [0.4, 0.5) is 0 Å². The molecule has 1 spiro atoms. The number of nitrogens with two attached hydrogens (primary N) is 1. The summed E-state index contributed by atoms with van der Waals surface area (Å²) in [7, 11) is 0. The molecule has 5 heteroatoms. The molecule has 0 radical (unpaired) electrons. The Hall–Kier alpha value is -0.320. The Morgan fingerprint density at radius 2 is 2.11 bits per heavy atom. The van der Waals surface area contributed by atoms with Gasteiger partial charge in [-0.1, -0.05) is 13.3 Å². The number of amides is 1. The quantitative estimate of drug-likeness (QED) is 0.812. The van der Waals surface area contributed by atoms with Crippen molar-refractivity contribution in [2.75, 3.05) is 6.61 Å². The first kappa shape index (κ1) is 16.7. The van der Waals surface area contributed by atoms with E-state index in [0.717, 1.165) is 13.0 Å². The minimum Gasteiger partial charge on any atom is -0.378 e. The van der Waals surface area contributed by atoms with Gasteiger partial charge in [0.15, 0.2) is 0 Å². The smallest absolute Gasteiger partial charge is 0.224 e. The Labute approximate surface area is 122 Å². The van der Waals surface area contributed by atoms with Gasteiger partial charge in [0.2, 0.25) is 5.91 Å². The summed E-state index contributed by atoms with van der Waals surface area (Å²) in [6.07, 6.45) is 4.96. The van der Waals surface area contributed by atoms with E-state index in [9.17, 15) is 4.79 Å². The van der Waals surface area contributed by atoms with Gasteiger partial charge in [0.05, 0.1) is 6.10 Å². The minimum atomic E-state index is -0.117. The third-order valence-electron chi connectivity index (χ3n) is 4.96. The molecule has 0 aromatic carbocycles. The van der Waals surface area contributed by atoms with E-state index in [0.29, 0.717) is 12.1 Å². The molecule has 2 fully saturated rings. The van der Waals surface area contributed by atoms with Crippen molar-refractivity contribution in [2.45, 2.75) is 64.6 Å². The average Bonchev–Trinajstić information content (AvgIpc) is 2.23. The summed E-state index contributed by atoms with van der Waals surface area (Å²) in [5.74, 6) is -0.0236. The number of halogens is 1. The molecule has 2 rings (SSSR count). The number of nitrogens with one attached hydrogen (secondary N) is 1. The summed E-state index contributed by atoms with van der Waals surface area (Å²) < 4.78 is 5.78. The van der Waals surface area contributed by atoms with E-state index in [-0.39, 0.29) is 35.7 Å². The highest BCUT2D eigenvalue weighted by molar-refractivity contribution is 5.85. The van der Waals surface area contributed by atoms with Crippen LogP contribution in [0.3, 0.4) is 0 Å². The van der Waals surface area contributed by atoms with E-state index in [1.54, 1.807) is 0 Å². The molecule has 0 bridgehead atoms. The molecule has 3 N–H and O–H groups in total. The van der Waals surface area contributed by atoms with E-state index < -0.39 is 0 Å². The lowest BCUT2D eigenvalue weighted by molar-refractivity contribution is -0.176. The molecule has 1 amide bonds. The fraction of sp³-hybridized carbons (Fsp3) is 0.929. The molecule has 2 aliphatic rings. The molecule has 0 saturated heterocycles. The van der Waals surface area contributed by atoms with Crippen LogP contribution in [0.25, 0.3) is 0 Å². The van der Waals surface area contributed by atoms with Crippen molar-refractivity contribution in [1.29, 1.82) is 0 Å². The number of carbonyl (C=O) groups excluding carboxylic acids is 1. The lowest BCUT2D eigenvalue weighted by Gasteiger charge is -2.61. The molecule has 4 unspecified atom stereocenters. The van der Waals surface area contributed by atoms with Crippen molar-refractivity contribution < 1.29 is 9.53 Å². The predicted octanol–water partition coefficient (Wildman–Crippen LogP) is 1.86. The minimum absolute atomic E-state index is 0. The summed E-state index contributed by atoms with van der Waals surface area (Å²) in [5.41, 5.74) is 6.01. The van der Waals surface area contributed by atoms with Crippen LogP contribution in [-0.2, 0) is 9.53 Å². The fourth-order valence-electron chi connectivity index (χ4n) is 3.18. The van der Waals surface area contributed by atoms with Gasteiger partial charge in [-0.3, -0.25) is 4.79 Å². The number of carbonyl (C=O) groups is 1. The van der Waals surface area contributed by atoms with Gasteiger partial charge < -0.3 is 15.8 Å². The Kier molecular flexibility index (Phi) is 5.65. The molecule has 0 aromatic rings. The van der Waals surface area contributed by atoms with Crippen LogP contribution >= 0.6 is 12.4 Å². The molecule has 2 saturated carbocycles. The largest absolute Gasteiger partial charge is 0.378 e. The molecule has 0 aliphatic heterocycles. The van der Waals surface area contributed by atoms with Crippen LogP contribution in [0.2, 0.25) is 0 Å². The second-order valence-corrected chi connectivity index (χ2v) is 5.98. The Morgan fingerprint density at radius 1 is 1.47 bits per heavy atom. The molecule has 0 heterocycles. The van der Waals surface area contributed by atoms with Gasteiger partial charge in [0.1, 0.15) is 0 Å². The average molecular weight is 291 g/mol. The number of rotatable bonds is 5. The van der Waals surface area contributed by atoms with Gasteiger partial charge >= 0.3 is 0 Å². The van der Waals surface area contributed by atoms with E-state index >= 15 is 0 Å². The van der Waals surface area contributed by atoms with Crippen LogP contribution in [0, 0.1) is 11.3 Å². The zero-order chi connectivity index (χ0) is 13.3. The Bertz CT molecular complexity index is 319. The highest BCUT2D eigenvalue weighted by Crippen LogP contribution is 2.57. The summed E-state index contributed by atoms with van der Waals surface area (Å²) >= 11 is 0. The SMILES string of the molecule is CCOC1CC(NC(=O)C(C)C(C)N)C12CCC2.Cl. The van der Waals surface area contributed by atoms with Crippen LogP contribution in [0.1, 0.15) is 46.5 Å². The van der Waals surface area contributed by atoms with Crippen molar-refractivity contribution in [1.82, 2.24) is 5.32 Å². The summed E-state index contributed by atoms with van der Waals surface area (Å²) in [6.45, 7) is 6.58. The van der Waals surface area contributed by atoms with Crippen LogP contribution < -0.4 is 11.1 Å². The first-order valence-electron chi connectivity index (χ1n) is 7.19. The molecule has 4 nitrogen and oxygen atoms in total. The molecular formula is C14H27ClN2O2. The van der Waals surface area contributed by atoms with Crippen molar-refractivity contribution in [3.63, 3.8) is 0 Å². The molecule has 4 atom stereocenters. The van der Waals surface area contributed by atoms with E-state index in [4.69, 9.17) is 10.5 Å². The van der Waals surface area contributed by atoms with E-state index in [2.05, 4.69) is 5.32 Å². The molecule has 19 heavy (non-hydrogen) atoms. The molecule has 2 aliphatic carbocycles. The predicted molar refractivity (Wildman–Crippen MR) is 78.3 cm³/mol. The van der Waals surface area contributed by atoms with E-state index in [1.165, 1.54) is 19.3 Å². The lowest BCUT2D eigenvalue weighted by atomic mass is 9.51. The van der Waals surface area contributed by atoms with Gasteiger partial charge in [-0.15, -0.1) is 12.4 Å². The summed E-state index contributed by atoms with van der Waals surface area (Å²) in [5, 5.41) is 3.18. The number of ether oxygens (including phenoxy) is 1. The molecule has 112 valence electrons. The van der Waals surface area contributed by atoms with Gasteiger partial charge in [-0.25, -0.2) is 0 Å². The maximum absolute atomic E-state index is 12.0. The van der Waals surface area contributed by atoms with Crippen molar-refractivity contribution in [3.8, 4) is 0 Å². The second kappa shape index (κ2) is 6.42. The van der Waals surface area contributed by atoms with Crippen molar-refractivity contribution in [3.05, 3.63) is 0 Å². The first-order chi connectivity index (χ1) is 8.51. The van der Waals surface area contributed by atoms with Gasteiger partial charge in [-0.2, -0.15) is 0 Å². The summed E-state index contributed by atoms with van der Waals surface area (Å²) in [4.78, 5) is 12.0. The van der Waals surface area contributed by atoms with Crippen LogP contribution in [0.5, 0.6) is 0 Å². The highest BCUT2D eigenvalue weighted by Gasteiger charge is 2.59. The van der Waals surface area contributed by atoms with Crippen molar-refractivity contribution in [2.24, 2.45) is 17.1 Å². The number of hydrogen-bond acceptors (Lipinski definition) is 3. The zero-order valence-electron chi connectivity index (χ0n) is 12.1. The third-order valence-corrected chi connectivity index (χ3v) is 4.96. The zero-order valence-corrected chi connectivity index (χ0v) is 13.0. The van der Waals surface area contributed by atoms with Gasteiger partial charge in [-0.05, 0) is 33.1 Å². The van der Waals surface area contributed by atoms with Crippen LogP contribution in [-0.4, -0.2) is 30.7 Å². The van der Waals surface area contributed by atoms with Crippen LogP contribution in [0.15, 0.2) is 0 Å². The maximum atomic E-state index is 12.0. The fourth-order valence-corrected chi connectivity index (χ4v) is 3.18. The topological polar surface area (TPSA) is 64.3 Å². The highest BCUT2D eigenvalue weighted by atomic mass is 35.5. The molecule has 0 aromatic heterocycles. The van der Waals surface area contributed by atoms with Gasteiger partial charge in [0.25, 0.3) is 0 Å².